The van der Waals surface area contributed by atoms with E-state index >= 15 is 0 Å². The Kier molecular flexibility index (Phi) is 4.86. The van der Waals surface area contributed by atoms with Crippen molar-refractivity contribution in [2.45, 2.75) is 13.0 Å². The van der Waals surface area contributed by atoms with Gasteiger partial charge in [0.15, 0.2) is 0 Å². The molecule has 0 saturated heterocycles. The van der Waals surface area contributed by atoms with Gasteiger partial charge in [-0.25, -0.2) is 4.39 Å². The van der Waals surface area contributed by atoms with Crippen LogP contribution in [0.3, 0.4) is 0 Å². The average Bonchev–Trinajstić information content (AvgIpc) is 2.35. The Morgan fingerprint density at radius 2 is 1.95 bits per heavy atom. The van der Waals surface area contributed by atoms with E-state index in [9.17, 15) is 9.50 Å². The van der Waals surface area contributed by atoms with Crippen molar-refractivity contribution in [1.29, 1.82) is 0 Å². The van der Waals surface area contributed by atoms with Gasteiger partial charge in [-0.1, -0.05) is 29.3 Å². The number of hydrogen-bond donors (Lipinski definition) is 2. The zero-order valence-corrected chi connectivity index (χ0v) is 12.3. The second kappa shape index (κ2) is 6.44. The van der Waals surface area contributed by atoms with Crippen molar-refractivity contribution in [1.82, 2.24) is 0 Å². The highest BCUT2D eigenvalue weighted by Crippen LogP contribution is 2.29. The molecule has 0 aliphatic carbocycles. The normalized spacial score (nSPS) is 12.2. The van der Waals surface area contributed by atoms with Crippen molar-refractivity contribution in [2.75, 3.05) is 11.9 Å². The quantitative estimate of drug-likeness (QED) is 0.865. The Labute approximate surface area is 127 Å². The SMILES string of the molecule is Cc1cc(F)cc(NC(CO)c2ccc(Cl)cc2Cl)c1. The summed E-state index contributed by atoms with van der Waals surface area (Å²) in [6.45, 7) is 1.63. The highest BCUT2D eigenvalue weighted by atomic mass is 35.5. The lowest BCUT2D eigenvalue weighted by Crippen LogP contribution is -2.15. The summed E-state index contributed by atoms with van der Waals surface area (Å²) in [6, 6.07) is 9.23. The van der Waals surface area contributed by atoms with Crippen molar-refractivity contribution < 1.29 is 9.50 Å². The van der Waals surface area contributed by atoms with E-state index in [0.29, 0.717) is 21.3 Å². The Morgan fingerprint density at radius 1 is 1.20 bits per heavy atom. The maximum Gasteiger partial charge on any atom is 0.125 e. The molecule has 5 heteroatoms. The predicted octanol–water partition coefficient (Wildman–Crippen LogP) is 4.59. The van der Waals surface area contributed by atoms with E-state index in [1.54, 1.807) is 31.2 Å². The fourth-order valence-corrected chi connectivity index (χ4v) is 2.57. The van der Waals surface area contributed by atoms with Crippen molar-refractivity contribution in [3.8, 4) is 0 Å². The number of aliphatic hydroxyl groups excluding tert-OH is 1. The second-order valence-corrected chi connectivity index (χ2v) is 5.41. The van der Waals surface area contributed by atoms with Crippen LogP contribution in [0.25, 0.3) is 0 Å². The summed E-state index contributed by atoms with van der Waals surface area (Å²) < 4.78 is 13.4. The maximum absolute atomic E-state index is 13.4. The monoisotopic (exact) mass is 313 g/mol. The number of nitrogens with one attached hydrogen (secondary N) is 1. The number of anilines is 1. The van der Waals surface area contributed by atoms with Gasteiger partial charge in [-0.15, -0.1) is 0 Å². The van der Waals surface area contributed by atoms with Crippen LogP contribution in [-0.2, 0) is 0 Å². The molecule has 0 saturated carbocycles. The number of hydrogen-bond acceptors (Lipinski definition) is 2. The minimum absolute atomic E-state index is 0.170. The van der Waals surface area contributed by atoms with Crippen LogP contribution in [0, 0.1) is 12.7 Å². The van der Waals surface area contributed by atoms with E-state index in [4.69, 9.17) is 23.2 Å². The molecule has 0 radical (unpaired) electrons. The van der Waals surface area contributed by atoms with Gasteiger partial charge in [0.1, 0.15) is 5.82 Å². The number of rotatable bonds is 4. The van der Waals surface area contributed by atoms with Crippen LogP contribution in [0.2, 0.25) is 10.0 Å². The molecule has 2 nitrogen and oxygen atoms in total. The van der Waals surface area contributed by atoms with Crippen LogP contribution >= 0.6 is 23.2 Å². The van der Waals surface area contributed by atoms with E-state index in [2.05, 4.69) is 5.32 Å². The second-order valence-electron chi connectivity index (χ2n) is 4.56. The number of halogens is 3. The molecule has 1 atom stereocenters. The molecule has 0 fully saturated rings. The molecular weight excluding hydrogens is 300 g/mol. The summed E-state index contributed by atoms with van der Waals surface area (Å²) in [7, 11) is 0. The zero-order chi connectivity index (χ0) is 14.7. The molecule has 0 amide bonds. The van der Waals surface area contributed by atoms with Crippen LogP contribution in [-0.4, -0.2) is 11.7 Å². The van der Waals surface area contributed by atoms with E-state index in [-0.39, 0.29) is 12.4 Å². The van der Waals surface area contributed by atoms with E-state index in [0.717, 1.165) is 5.56 Å². The third-order valence-electron chi connectivity index (χ3n) is 2.90. The van der Waals surface area contributed by atoms with Gasteiger partial charge in [-0.05, 0) is 48.4 Å². The summed E-state index contributed by atoms with van der Waals surface area (Å²) >= 11 is 12.0. The van der Waals surface area contributed by atoms with Gasteiger partial charge >= 0.3 is 0 Å². The lowest BCUT2D eigenvalue weighted by atomic mass is 10.1. The topological polar surface area (TPSA) is 32.3 Å². The number of aryl methyl sites for hydroxylation is 1. The molecular formula is C15H14Cl2FNO. The molecule has 1 unspecified atom stereocenters. The van der Waals surface area contributed by atoms with Crippen LogP contribution in [0.15, 0.2) is 36.4 Å². The summed E-state index contributed by atoms with van der Waals surface area (Å²) in [5.41, 5.74) is 2.10. The first-order valence-electron chi connectivity index (χ1n) is 6.09. The molecule has 2 rings (SSSR count). The van der Waals surface area contributed by atoms with E-state index in [1.807, 2.05) is 0 Å². The molecule has 0 aliphatic heterocycles. The first-order chi connectivity index (χ1) is 9.49. The minimum atomic E-state index is -0.430. The van der Waals surface area contributed by atoms with Crippen molar-refractivity contribution >= 4 is 28.9 Å². The Balaban J connectivity index is 2.28. The van der Waals surface area contributed by atoms with Gasteiger partial charge in [-0.2, -0.15) is 0 Å². The molecule has 0 heterocycles. The molecule has 106 valence electrons. The Morgan fingerprint density at radius 3 is 2.55 bits per heavy atom. The van der Waals surface area contributed by atoms with Gasteiger partial charge in [0.05, 0.1) is 12.6 Å². The van der Waals surface area contributed by atoms with E-state index < -0.39 is 6.04 Å². The molecule has 2 aromatic rings. The molecule has 20 heavy (non-hydrogen) atoms. The van der Waals surface area contributed by atoms with Crippen molar-refractivity contribution in [3.05, 3.63) is 63.4 Å². The van der Waals surface area contributed by atoms with Crippen LogP contribution in [0.5, 0.6) is 0 Å². The van der Waals surface area contributed by atoms with Gasteiger partial charge < -0.3 is 10.4 Å². The van der Waals surface area contributed by atoms with Gasteiger partial charge in [-0.3, -0.25) is 0 Å². The highest BCUT2D eigenvalue weighted by molar-refractivity contribution is 6.35. The third kappa shape index (κ3) is 3.63. The fourth-order valence-electron chi connectivity index (χ4n) is 2.03. The lowest BCUT2D eigenvalue weighted by Gasteiger charge is -2.20. The Bertz CT molecular complexity index is 599. The summed E-state index contributed by atoms with van der Waals surface area (Å²) in [5.74, 6) is -0.327. The molecule has 2 aromatic carbocycles. The first-order valence-corrected chi connectivity index (χ1v) is 6.84. The van der Waals surface area contributed by atoms with E-state index in [1.165, 1.54) is 12.1 Å². The predicted molar refractivity (Wildman–Crippen MR) is 81.0 cm³/mol. The van der Waals surface area contributed by atoms with Gasteiger partial charge in [0, 0.05) is 15.7 Å². The van der Waals surface area contributed by atoms with Crippen molar-refractivity contribution in [2.24, 2.45) is 0 Å². The molecule has 0 spiro atoms. The minimum Gasteiger partial charge on any atom is -0.394 e. The van der Waals surface area contributed by atoms with Crippen LogP contribution < -0.4 is 5.32 Å². The molecule has 0 aliphatic rings. The van der Waals surface area contributed by atoms with Gasteiger partial charge in [0.25, 0.3) is 0 Å². The fraction of sp³-hybridized carbons (Fsp3) is 0.200. The number of benzene rings is 2. The Hall–Kier alpha value is -1.29. The number of aliphatic hydroxyl groups is 1. The van der Waals surface area contributed by atoms with Crippen molar-refractivity contribution in [3.63, 3.8) is 0 Å². The third-order valence-corrected chi connectivity index (χ3v) is 3.47. The molecule has 0 aromatic heterocycles. The van der Waals surface area contributed by atoms with Crippen LogP contribution in [0.1, 0.15) is 17.2 Å². The van der Waals surface area contributed by atoms with Gasteiger partial charge in [0.2, 0.25) is 0 Å². The maximum atomic E-state index is 13.4. The summed E-state index contributed by atoms with van der Waals surface area (Å²) in [4.78, 5) is 0. The summed E-state index contributed by atoms with van der Waals surface area (Å²) in [5, 5.41) is 13.6. The first kappa shape index (κ1) is 15.1. The summed E-state index contributed by atoms with van der Waals surface area (Å²) in [6.07, 6.45) is 0. The van der Waals surface area contributed by atoms with Crippen LogP contribution in [0.4, 0.5) is 10.1 Å². The standard InChI is InChI=1S/C15H14Cl2FNO/c1-9-4-11(18)7-12(5-9)19-15(8-20)13-3-2-10(16)6-14(13)17/h2-7,15,19-20H,8H2,1H3. The highest BCUT2D eigenvalue weighted by Gasteiger charge is 2.14. The smallest absolute Gasteiger partial charge is 0.125 e. The molecule has 0 bridgehead atoms. The molecule has 2 N–H and O–H groups in total. The average molecular weight is 314 g/mol. The zero-order valence-electron chi connectivity index (χ0n) is 10.8. The lowest BCUT2D eigenvalue weighted by molar-refractivity contribution is 0.276. The largest absolute Gasteiger partial charge is 0.394 e.